The maximum atomic E-state index is 12.1. The lowest BCUT2D eigenvalue weighted by molar-refractivity contribution is -0.152. The fourth-order valence-electron chi connectivity index (χ4n) is 5.13. The first-order valence-electron chi connectivity index (χ1n) is 11.9. The molecule has 4 heteroatoms. The number of hydrogen-bond acceptors (Lipinski definition) is 4. The molecule has 0 bridgehead atoms. The van der Waals surface area contributed by atoms with E-state index >= 15 is 0 Å². The van der Waals surface area contributed by atoms with E-state index in [1.807, 2.05) is 0 Å². The number of carbonyl (C=O) groups is 2. The number of carbonyl (C=O) groups excluding carboxylic acids is 2. The van der Waals surface area contributed by atoms with Crippen LogP contribution in [0.15, 0.2) is 0 Å². The molecule has 0 aliphatic heterocycles. The molecule has 0 aromatic carbocycles. The van der Waals surface area contributed by atoms with Gasteiger partial charge in [-0.3, -0.25) is 9.59 Å². The summed E-state index contributed by atoms with van der Waals surface area (Å²) in [5, 5.41) is 0. The van der Waals surface area contributed by atoms with Crippen LogP contribution < -0.4 is 0 Å². The normalized spacial score (nSPS) is 21.1. The van der Waals surface area contributed by atoms with Crippen molar-refractivity contribution in [3.8, 4) is 0 Å². The standard InChI is InChI=1S/C24H42O4/c1-3-19(21-11-7-5-8-12-21)17-27-23(25)15-16-24(26)28-18-20(4-2)22-13-9-6-10-14-22/h19-22H,3-18H2,1-2H3. The summed E-state index contributed by atoms with van der Waals surface area (Å²) in [5.74, 6) is 1.81. The van der Waals surface area contributed by atoms with E-state index in [0.717, 1.165) is 12.8 Å². The van der Waals surface area contributed by atoms with Gasteiger partial charge in [0.1, 0.15) is 0 Å². The minimum absolute atomic E-state index is 0.139. The first kappa shape index (κ1) is 23.2. The van der Waals surface area contributed by atoms with E-state index in [2.05, 4.69) is 13.8 Å². The Bertz CT molecular complexity index is 408. The summed E-state index contributed by atoms with van der Waals surface area (Å²) in [7, 11) is 0. The molecule has 2 unspecified atom stereocenters. The number of ether oxygens (including phenoxy) is 2. The second-order valence-electron chi connectivity index (χ2n) is 9.00. The predicted octanol–water partition coefficient (Wildman–Crippen LogP) is 6.07. The summed E-state index contributed by atoms with van der Waals surface area (Å²) >= 11 is 0. The number of rotatable bonds is 11. The van der Waals surface area contributed by atoms with Gasteiger partial charge in [0.2, 0.25) is 0 Å². The lowest BCUT2D eigenvalue weighted by Gasteiger charge is -2.29. The van der Waals surface area contributed by atoms with Gasteiger partial charge in [0, 0.05) is 0 Å². The Morgan fingerprint density at radius 3 is 1.36 bits per heavy atom. The second-order valence-corrected chi connectivity index (χ2v) is 9.00. The predicted molar refractivity (Wildman–Crippen MR) is 112 cm³/mol. The molecular formula is C24H42O4. The molecule has 0 N–H and O–H groups in total. The highest BCUT2D eigenvalue weighted by atomic mass is 16.5. The Labute approximate surface area is 172 Å². The van der Waals surface area contributed by atoms with Crippen molar-refractivity contribution in [2.24, 2.45) is 23.7 Å². The lowest BCUT2D eigenvalue weighted by Crippen LogP contribution is -2.25. The zero-order valence-electron chi connectivity index (χ0n) is 18.3. The zero-order valence-corrected chi connectivity index (χ0v) is 18.3. The Hall–Kier alpha value is -1.06. The zero-order chi connectivity index (χ0) is 20.2. The fourth-order valence-corrected chi connectivity index (χ4v) is 5.13. The van der Waals surface area contributed by atoms with E-state index in [1.54, 1.807) is 0 Å². The SMILES string of the molecule is CCC(COC(=O)CCC(=O)OCC(CC)C1CCCCC1)C1CCCCC1. The molecular weight excluding hydrogens is 352 g/mol. The van der Waals surface area contributed by atoms with Gasteiger partial charge in [-0.05, 0) is 36.5 Å². The van der Waals surface area contributed by atoms with Crippen LogP contribution in [0.1, 0.15) is 104 Å². The highest BCUT2D eigenvalue weighted by molar-refractivity contribution is 5.77. The molecule has 0 radical (unpaired) electrons. The molecule has 0 heterocycles. The fraction of sp³-hybridized carbons (Fsp3) is 0.917. The highest BCUT2D eigenvalue weighted by Crippen LogP contribution is 2.33. The van der Waals surface area contributed by atoms with Crippen molar-refractivity contribution >= 4 is 11.9 Å². The molecule has 2 aliphatic carbocycles. The van der Waals surface area contributed by atoms with Crippen molar-refractivity contribution in [1.82, 2.24) is 0 Å². The average molecular weight is 395 g/mol. The van der Waals surface area contributed by atoms with Gasteiger partial charge >= 0.3 is 11.9 Å². The molecule has 0 amide bonds. The molecule has 2 saturated carbocycles. The summed E-state index contributed by atoms with van der Waals surface area (Å²) in [6, 6.07) is 0. The first-order chi connectivity index (χ1) is 13.6. The molecule has 0 saturated heterocycles. The van der Waals surface area contributed by atoms with E-state index in [0.29, 0.717) is 36.9 Å². The van der Waals surface area contributed by atoms with Crippen LogP contribution in [0.2, 0.25) is 0 Å². The molecule has 2 rings (SSSR count). The van der Waals surface area contributed by atoms with Crippen molar-refractivity contribution in [2.45, 2.75) is 104 Å². The van der Waals surface area contributed by atoms with E-state index in [4.69, 9.17) is 9.47 Å². The molecule has 28 heavy (non-hydrogen) atoms. The van der Waals surface area contributed by atoms with Crippen LogP contribution in [0.3, 0.4) is 0 Å². The van der Waals surface area contributed by atoms with Gasteiger partial charge in [0.25, 0.3) is 0 Å². The van der Waals surface area contributed by atoms with Crippen LogP contribution in [0.25, 0.3) is 0 Å². The highest BCUT2D eigenvalue weighted by Gasteiger charge is 2.25. The molecule has 162 valence electrons. The van der Waals surface area contributed by atoms with Crippen molar-refractivity contribution in [2.75, 3.05) is 13.2 Å². The largest absolute Gasteiger partial charge is 0.465 e. The summed E-state index contributed by atoms with van der Waals surface area (Å²) < 4.78 is 11.0. The first-order valence-corrected chi connectivity index (χ1v) is 11.9. The lowest BCUT2D eigenvalue weighted by atomic mass is 9.79. The van der Waals surface area contributed by atoms with Crippen molar-refractivity contribution in [3.63, 3.8) is 0 Å². The topological polar surface area (TPSA) is 52.6 Å². The van der Waals surface area contributed by atoms with Crippen LogP contribution in [0, 0.1) is 23.7 Å². The van der Waals surface area contributed by atoms with Crippen LogP contribution >= 0.6 is 0 Å². The summed E-state index contributed by atoms with van der Waals surface area (Å²) in [6.45, 7) is 5.38. The summed E-state index contributed by atoms with van der Waals surface area (Å²) in [4.78, 5) is 24.1. The van der Waals surface area contributed by atoms with Gasteiger partial charge < -0.3 is 9.47 Å². The maximum Gasteiger partial charge on any atom is 0.306 e. The maximum absolute atomic E-state index is 12.1. The quantitative estimate of drug-likeness (QED) is 0.399. The van der Waals surface area contributed by atoms with Crippen LogP contribution in [-0.4, -0.2) is 25.2 Å². The van der Waals surface area contributed by atoms with Crippen LogP contribution in [0.4, 0.5) is 0 Å². The average Bonchev–Trinajstić information content (AvgIpc) is 2.74. The minimum Gasteiger partial charge on any atom is -0.465 e. The number of hydrogen-bond donors (Lipinski definition) is 0. The minimum atomic E-state index is -0.259. The molecule has 2 fully saturated rings. The Balaban J connectivity index is 1.60. The Kier molecular flexibility index (Phi) is 11.0. The molecule has 2 atom stereocenters. The monoisotopic (exact) mass is 394 g/mol. The third-order valence-electron chi connectivity index (χ3n) is 7.13. The van der Waals surface area contributed by atoms with Gasteiger partial charge in [-0.1, -0.05) is 78.1 Å². The molecule has 2 aliphatic rings. The Morgan fingerprint density at radius 2 is 1.04 bits per heavy atom. The van der Waals surface area contributed by atoms with Crippen molar-refractivity contribution in [1.29, 1.82) is 0 Å². The molecule has 4 nitrogen and oxygen atoms in total. The van der Waals surface area contributed by atoms with E-state index in [1.165, 1.54) is 64.2 Å². The number of esters is 2. The summed E-state index contributed by atoms with van der Waals surface area (Å²) in [5.41, 5.74) is 0. The van der Waals surface area contributed by atoms with Gasteiger partial charge in [-0.15, -0.1) is 0 Å². The Morgan fingerprint density at radius 1 is 0.679 bits per heavy atom. The molecule has 0 spiro atoms. The molecule has 0 aromatic rings. The van der Waals surface area contributed by atoms with Crippen LogP contribution in [0.5, 0.6) is 0 Å². The van der Waals surface area contributed by atoms with Gasteiger partial charge in [0.05, 0.1) is 26.1 Å². The summed E-state index contributed by atoms with van der Waals surface area (Å²) in [6.07, 6.45) is 15.4. The smallest absolute Gasteiger partial charge is 0.306 e. The van der Waals surface area contributed by atoms with Crippen LogP contribution in [-0.2, 0) is 19.1 Å². The van der Waals surface area contributed by atoms with Crippen molar-refractivity contribution in [3.05, 3.63) is 0 Å². The van der Waals surface area contributed by atoms with E-state index in [9.17, 15) is 9.59 Å². The van der Waals surface area contributed by atoms with Crippen molar-refractivity contribution < 1.29 is 19.1 Å². The van der Waals surface area contributed by atoms with Gasteiger partial charge in [-0.2, -0.15) is 0 Å². The van der Waals surface area contributed by atoms with Gasteiger partial charge in [0.15, 0.2) is 0 Å². The third-order valence-corrected chi connectivity index (χ3v) is 7.13. The third kappa shape index (κ3) is 8.13. The second kappa shape index (κ2) is 13.2. The molecule has 0 aromatic heterocycles. The van der Waals surface area contributed by atoms with E-state index < -0.39 is 0 Å². The van der Waals surface area contributed by atoms with Gasteiger partial charge in [-0.25, -0.2) is 0 Å². The van der Waals surface area contributed by atoms with E-state index in [-0.39, 0.29) is 24.8 Å².